The van der Waals surface area contributed by atoms with Crippen molar-refractivity contribution in [3.05, 3.63) is 28.8 Å². The zero-order chi connectivity index (χ0) is 10.3. The SMILES string of the molecule is CC(S)n1c(=O)n(C)c2cccnc21. The first-order valence-corrected chi connectivity index (χ1v) is 4.84. The molecule has 5 heteroatoms. The first-order chi connectivity index (χ1) is 6.63. The van der Waals surface area contributed by atoms with Gasteiger partial charge in [0, 0.05) is 13.2 Å². The van der Waals surface area contributed by atoms with Crippen molar-refractivity contribution in [1.29, 1.82) is 0 Å². The van der Waals surface area contributed by atoms with Crippen molar-refractivity contribution in [1.82, 2.24) is 14.1 Å². The van der Waals surface area contributed by atoms with Crippen molar-refractivity contribution in [2.45, 2.75) is 12.3 Å². The number of fused-ring (bicyclic) bond motifs is 1. The van der Waals surface area contributed by atoms with Crippen LogP contribution < -0.4 is 5.69 Å². The summed E-state index contributed by atoms with van der Waals surface area (Å²) in [5.41, 5.74) is 1.43. The highest BCUT2D eigenvalue weighted by molar-refractivity contribution is 7.80. The highest BCUT2D eigenvalue weighted by Crippen LogP contribution is 2.15. The van der Waals surface area contributed by atoms with Crippen LogP contribution in [-0.2, 0) is 7.05 Å². The van der Waals surface area contributed by atoms with Crippen LogP contribution in [0.5, 0.6) is 0 Å². The van der Waals surface area contributed by atoms with E-state index in [-0.39, 0.29) is 11.1 Å². The minimum absolute atomic E-state index is 0.0822. The Kier molecular flexibility index (Phi) is 2.11. The molecule has 0 radical (unpaired) electrons. The van der Waals surface area contributed by atoms with Gasteiger partial charge in [-0.25, -0.2) is 9.78 Å². The summed E-state index contributed by atoms with van der Waals surface area (Å²) in [5, 5.41) is -0.166. The molecule has 4 nitrogen and oxygen atoms in total. The second-order valence-electron chi connectivity index (χ2n) is 3.19. The molecule has 2 aromatic rings. The molecule has 2 heterocycles. The topological polar surface area (TPSA) is 39.8 Å². The molecule has 14 heavy (non-hydrogen) atoms. The molecule has 1 unspecified atom stereocenters. The van der Waals surface area contributed by atoms with Gasteiger partial charge in [-0.15, -0.1) is 0 Å². The van der Waals surface area contributed by atoms with E-state index in [1.165, 1.54) is 0 Å². The van der Waals surface area contributed by atoms with Crippen molar-refractivity contribution < 1.29 is 0 Å². The molecule has 0 aliphatic carbocycles. The van der Waals surface area contributed by atoms with Crippen LogP contribution in [0, 0.1) is 0 Å². The lowest BCUT2D eigenvalue weighted by Gasteiger charge is -2.03. The molecule has 0 saturated heterocycles. The van der Waals surface area contributed by atoms with Gasteiger partial charge in [-0.1, -0.05) is 0 Å². The molecule has 1 atom stereocenters. The molecule has 0 N–H and O–H groups in total. The van der Waals surface area contributed by atoms with Gasteiger partial charge < -0.3 is 0 Å². The van der Waals surface area contributed by atoms with Crippen LogP contribution in [0.1, 0.15) is 12.3 Å². The van der Waals surface area contributed by atoms with Crippen LogP contribution in [-0.4, -0.2) is 14.1 Å². The summed E-state index contributed by atoms with van der Waals surface area (Å²) in [6.45, 7) is 1.85. The minimum atomic E-state index is -0.166. The van der Waals surface area contributed by atoms with E-state index in [4.69, 9.17) is 0 Å². The van der Waals surface area contributed by atoms with Gasteiger partial charge in [0.05, 0.1) is 10.9 Å². The smallest absolute Gasteiger partial charge is 0.293 e. The molecular formula is C9H11N3OS. The van der Waals surface area contributed by atoms with Crippen LogP contribution in [0.25, 0.3) is 11.2 Å². The molecule has 0 aliphatic rings. The molecule has 0 aromatic carbocycles. The third-order valence-electron chi connectivity index (χ3n) is 2.22. The van der Waals surface area contributed by atoms with Crippen molar-refractivity contribution in [2.24, 2.45) is 7.05 Å². The highest BCUT2D eigenvalue weighted by Gasteiger charge is 2.13. The molecule has 0 spiro atoms. The zero-order valence-electron chi connectivity index (χ0n) is 8.01. The van der Waals surface area contributed by atoms with Gasteiger partial charge in [0.2, 0.25) is 0 Å². The van der Waals surface area contributed by atoms with Crippen molar-refractivity contribution >= 4 is 23.8 Å². The fourth-order valence-corrected chi connectivity index (χ4v) is 1.74. The zero-order valence-corrected chi connectivity index (χ0v) is 8.90. The summed E-state index contributed by atoms with van der Waals surface area (Å²) in [6.07, 6.45) is 1.68. The lowest BCUT2D eigenvalue weighted by Crippen LogP contribution is -2.22. The number of aryl methyl sites for hydroxylation is 1. The number of nitrogens with zero attached hydrogens (tertiary/aromatic N) is 3. The van der Waals surface area contributed by atoms with E-state index >= 15 is 0 Å². The number of imidazole rings is 1. The van der Waals surface area contributed by atoms with E-state index in [1.54, 1.807) is 22.4 Å². The van der Waals surface area contributed by atoms with Crippen LogP contribution in [0.15, 0.2) is 23.1 Å². The van der Waals surface area contributed by atoms with Gasteiger partial charge in [0.25, 0.3) is 0 Å². The maximum atomic E-state index is 11.8. The molecule has 0 saturated carbocycles. The lowest BCUT2D eigenvalue weighted by molar-refractivity contribution is 0.695. The molecular weight excluding hydrogens is 198 g/mol. The Labute approximate surface area is 86.6 Å². The summed E-state index contributed by atoms with van der Waals surface area (Å²) < 4.78 is 3.15. The fourth-order valence-electron chi connectivity index (χ4n) is 1.53. The van der Waals surface area contributed by atoms with Crippen LogP contribution >= 0.6 is 12.6 Å². The van der Waals surface area contributed by atoms with Gasteiger partial charge in [0.1, 0.15) is 0 Å². The Bertz CT molecular complexity index is 526. The van der Waals surface area contributed by atoms with Gasteiger partial charge in [-0.3, -0.25) is 9.13 Å². The summed E-state index contributed by atoms with van der Waals surface area (Å²) >= 11 is 4.26. The summed E-state index contributed by atoms with van der Waals surface area (Å²) in [5.74, 6) is 0. The van der Waals surface area contributed by atoms with Crippen LogP contribution in [0.3, 0.4) is 0 Å². The molecule has 0 aliphatic heterocycles. The summed E-state index contributed by atoms with van der Waals surface area (Å²) in [6, 6.07) is 3.69. The number of hydrogen-bond acceptors (Lipinski definition) is 3. The van der Waals surface area contributed by atoms with Crippen molar-refractivity contribution in [3.63, 3.8) is 0 Å². The Morgan fingerprint density at radius 3 is 2.93 bits per heavy atom. The maximum absolute atomic E-state index is 11.8. The third-order valence-corrected chi connectivity index (χ3v) is 2.45. The van der Waals surface area contributed by atoms with Crippen molar-refractivity contribution in [3.8, 4) is 0 Å². The molecule has 0 bridgehead atoms. The van der Waals surface area contributed by atoms with Gasteiger partial charge in [0.15, 0.2) is 5.65 Å². The number of aromatic nitrogens is 3. The lowest BCUT2D eigenvalue weighted by atomic mass is 10.4. The predicted molar refractivity (Wildman–Crippen MR) is 58.7 cm³/mol. The van der Waals surface area contributed by atoms with E-state index in [0.717, 1.165) is 5.52 Å². The van der Waals surface area contributed by atoms with Crippen LogP contribution in [0.4, 0.5) is 0 Å². The number of rotatable bonds is 1. The Balaban J connectivity index is 2.95. The first kappa shape index (κ1) is 9.33. The quantitative estimate of drug-likeness (QED) is 0.716. The van der Waals surface area contributed by atoms with Gasteiger partial charge in [-0.2, -0.15) is 12.6 Å². The number of thiol groups is 1. The first-order valence-electron chi connectivity index (χ1n) is 4.33. The highest BCUT2D eigenvalue weighted by atomic mass is 32.1. The molecule has 2 rings (SSSR count). The Morgan fingerprint density at radius 1 is 1.57 bits per heavy atom. The van der Waals surface area contributed by atoms with E-state index in [0.29, 0.717) is 5.65 Å². The molecule has 0 fully saturated rings. The summed E-state index contributed by atoms with van der Waals surface area (Å²) in [4.78, 5) is 15.9. The second kappa shape index (κ2) is 3.16. The monoisotopic (exact) mass is 209 g/mol. The molecule has 74 valence electrons. The standard InChI is InChI=1S/C9H11N3OS/c1-6(14)12-8-7(4-3-5-10-8)11(2)9(12)13/h3-6,14H,1-2H3. The van der Waals surface area contributed by atoms with E-state index in [1.807, 2.05) is 19.1 Å². The maximum Gasteiger partial charge on any atom is 0.331 e. The largest absolute Gasteiger partial charge is 0.331 e. The molecule has 0 amide bonds. The van der Waals surface area contributed by atoms with E-state index in [9.17, 15) is 4.79 Å². The normalized spacial score (nSPS) is 13.4. The predicted octanol–water partition coefficient (Wildman–Crippen LogP) is 1.18. The van der Waals surface area contributed by atoms with Gasteiger partial charge >= 0.3 is 5.69 Å². The minimum Gasteiger partial charge on any atom is -0.293 e. The average Bonchev–Trinajstić information content (AvgIpc) is 2.41. The third kappa shape index (κ3) is 1.16. The van der Waals surface area contributed by atoms with E-state index < -0.39 is 0 Å². The second-order valence-corrected chi connectivity index (χ2v) is 3.94. The molecule has 2 aromatic heterocycles. The average molecular weight is 209 g/mol. The van der Waals surface area contributed by atoms with Crippen LogP contribution in [0.2, 0.25) is 0 Å². The van der Waals surface area contributed by atoms with E-state index in [2.05, 4.69) is 17.6 Å². The Morgan fingerprint density at radius 2 is 2.29 bits per heavy atom. The number of pyridine rings is 1. The fraction of sp³-hybridized carbons (Fsp3) is 0.333. The summed E-state index contributed by atoms with van der Waals surface area (Å²) in [7, 11) is 1.74. The van der Waals surface area contributed by atoms with Crippen molar-refractivity contribution in [2.75, 3.05) is 0 Å². The Hall–Kier alpha value is -1.23. The number of hydrogen-bond donors (Lipinski definition) is 1. The van der Waals surface area contributed by atoms with Gasteiger partial charge in [-0.05, 0) is 19.1 Å².